The summed E-state index contributed by atoms with van der Waals surface area (Å²) in [5, 5.41) is 5.43. The van der Waals surface area contributed by atoms with Gasteiger partial charge in [0.2, 0.25) is 0 Å². The summed E-state index contributed by atoms with van der Waals surface area (Å²) in [7, 11) is 3.82. The van der Waals surface area contributed by atoms with E-state index >= 15 is 0 Å². The largest absolute Gasteiger partial charge is 0.358 e. The summed E-state index contributed by atoms with van der Waals surface area (Å²) in [4.78, 5) is 3.36. The standard InChI is InChI=1S/C13H15N3/c1-10-11(8-9-14-16(2)3)12-6-4-5-7-13(12)15-10/h4-9H,1-3H3/p+1. The van der Waals surface area contributed by atoms with Crippen LogP contribution in [-0.4, -0.2) is 23.8 Å². The summed E-state index contributed by atoms with van der Waals surface area (Å²) >= 11 is 0. The zero-order chi connectivity index (χ0) is 11.5. The predicted octanol–water partition coefficient (Wildman–Crippen LogP) is 3.17. The average molecular weight is 214 g/mol. The minimum absolute atomic E-state index is 1.17. The molecule has 82 valence electrons. The van der Waals surface area contributed by atoms with Crippen molar-refractivity contribution in [3.05, 3.63) is 41.7 Å². The molecule has 1 aromatic heterocycles. The highest BCUT2D eigenvalue weighted by Crippen LogP contribution is 2.22. The van der Waals surface area contributed by atoms with Crippen LogP contribution in [0.3, 0.4) is 0 Å². The number of para-hydroxylation sites is 1. The zero-order valence-electron chi connectivity index (χ0n) is 9.86. The van der Waals surface area contributed by atoms with Gasteiger partial charge in [-0.05, 0) is 24.2 Å². The number of aryl methyl sites for hydroxylation is 1. The lowest BCUT2D eigenvalue weighted by molar-refractivity contribution is -0.533. The van der Waals surface area contributed by atoms with E-state index in [1.54, 1.807) is 4.70 Å². The third-order valence-corrected chi connectivity index (χ3v) is 2.48. The number of benzene rings is 1. The molecule has 0 unspecified atom stereocenters. The van der Waals surface area contributed by atoms with E-state index in [1.165, 1.54) is 22.2 Å². The van der Waals surface area contributed by atoms with Crippen molar-refractivity contribution in [3.63, 3.8) is 0 Å². The van der Waals surface area contributed by atoms with Crippen LogP contribution in [0.25, 0.3) is 17.0 Å². The molecule has 0 radical (unpaired) electrons. The predicted molar refractivity (Wildman–Crippen MR) is 66.6 cm³/mol. The van der Waals surface area contributed by atoms with Gasteiger partial charge in [0.1, 0.15) is 0 Å². The van der Waals surface area contributed by atoms with Gasteiger partial charge in [-0.15, -0.1) is 4.70 Å². The first-order valence-electron chi connectivity index (χ1n) is 5.30. The van der Waals surface area contributed by atoms with Crippen LogP contribution >= 0.6 is 0 Å². The van der Waals surface area contributed by atoms with Crippen molar-refractivity contribution >= 4 is 17.0 Å². The van der Waals surface area contributed by atoms with Crippen LogP contribution in [0.4, 0.5) is 0 Å². The number of fused-ring (bicyclic) bond motifs is 1. The third-order valence-electron chi connectivity index (χ3n) is 2.48. The summed E-state index contributed by atoms with van der Waals surface area (Å²) in [5.41, 5.74) is 3.55. The number of nitrogens with zero attached hydrogens (tertiary/aromatic N) is 2. The number of aromatic nitrogens is 1. The number of hydrogen-bond acceptors (Lipinski definition) is 1. The van der Waals surface area contributed by atoms with Gasteiger partial charge in [-0.3, -0.25) is 0 Å². The first kappa shape index (κ1) is 10.6. The van der Waals surface area contributed by atoms with Gasteiger partial charge in [-0.1, -0.05) is 18.2 Å². The molecule has 1 N–H and O–H groups in total. The molecule has 0 fully saturated rings. The number of aromatic amines is 1. The van der Waals surface area contributed by atoms with E-state index in [0.717, 1.165) is 0 Å². The Hall–Kier alpha value is -1.90. The van der Waals surface area contributed by atoms with Crippen molar-refractivity contribution in [2.45, 2.75) is 6.92 Å². The van der Waals surface area contributed by atoms with Crippen LogP contribution in [-0.2, 0) is 0 Å². The molecule has 2 aromatic rings. The molecule has 0 atom stereocenters. The van der Waals surface area contributed by atoms with Crippen molar-refractivity contribution in [2.75, 3.05) is 14.1 Å². The average Bonchev–Trinajstić information content (AvgIpc) is 2.55. The van der Waals surface area contributed by atoms with Gasteiger partial charge in [0.25, 0.3) is 0 Å². The van der Waals surface area contributed by atoms with E-state index in [9.17, 15) is 0 Å². The Morgan fingerprint density at radius 2 is 2.00 bits per heavy atom. The molecule has 1 heterocycles. The maximum absolute atomic E-state index is 4.19. The molecule has 0 aliphatic rings. The summed E-state index contributed by atoms with van der Waals surface area (Å²) < 4.78 is 1.78. The van der Waals surface area contributed by atoms with Gasteiger partial charge in [-0.2, -0.15) is 0 Å². The molecule has 0 spiro atoms. The minimum atomic E-state index is 1.17. The highest BCUT2D eigenvalue weighted by Gasteiger charge is 2.03. The van der Waals surface area contributed by atoms with Crippen molar-refractivity contribution in [1.29, 1.82) is 0 Å². The molecule has 0 aliphatic heterocycles. The number of hydrogen-bond donors (Lipinski definition) is 1. The molecule has 0 amide bonds. The van der Waals surface area contributed by atoms with Crippen LogP contribution in [0.2, 0.25) is 0 Å². The molecule has 0 saturated heterocycles. The van der Waals surface area contributed by atoms with Crippen LogP contribution in [0.5, 0.6) is 0 Å². The quantitative estimate of drug-likeness (QED) is 0.588. The van der Waals surface area contributed by atoms with Gasteiger partial charge in [-0.25, -0.2) is 0 Å². The first-order valence-corrected chi connectivity index (χ1v) is 5.30. The second kappa shape index (κ2) is 4.31. The highest BCUT2D eigenvalue weighted by atomic mass is 15.2. The smallest absolute Gasteiger partial charge is 0.158 e. The second-order valence-corrected chi connectivity index (χ2v) is 3.99. The highest BCUT2D eigenvalue weighted by molar-refractivity contribution is 5.90. The van der Waals surface area contributed by atoms with E-state index in [4.69, 9.17) is 0 Å². The second-order valence-electron chi connectivity index (χ2n) is 3.99. The molecular weight excluding hydrogens is 198 g/mol. The zero-order valence-corrected chi connectivity index (χ0v) is 9.86. The Labute approximate surface area is 95.1 Å². The molecular formula is C13H16N3+. The van der Waals surface area contributed by atoms with Crippen LogP contribution in [0.15, 0.2) is 35.6 Å². The first-order chi connectivity index (χ1) is 7.68. The monoisotopic (exact) mass is 214 g/mol. The van der Waals surface area contributed by atoms with Gasteiger partial charge >= 0.3 is 0 Å². The molecule has 0 bridgehead atoms. The lowest BCUT2D eigenvalue weighted by Gasteiger charge is -1.90. The fourth-order valence-corrected chi connectivity index (χ4v) is 1.75. The Kier molecular flexibility index (Phi) is 2.86. The number of nitrogens with one attached hydrogen (secondary N) is 1. The number of azo groups is 2. The maximum Gasteiger partial charge on any atom is 0.158 e. The molecule has 0 aliphatic carbocycles. The Bertz CT molecular complexity index is 558. The van der Waals surface area contributed by atoms with Crippen molar-refractivity contribution in [2.24, 2.45) is 5.11 Å². The summed E-state index contributed by atoms with van der Waals surface area (Å²) in [6.45, 7) is 2.08. The summed E-state index contributed by atoms with van der Waals surface area (Å²) in [6, 6.07) is 8.29. The molecule has 0 saturated carbocycles. The Morgan fingerprint density at radius 3 is 2.75 bits per heavy atom. The summed E-state index contributed by atoms with van der Waals surface area (Å²) in [5.74, 6) is 0. The van der Waals surface area contributed by atoms with Gasteiger partial charge in [0.05, 0.1) is 6.20 Å². The van der Waals surface area contributed by atoms with E-state index in [-0.39, 0.29) is 0 Å². The fraction of sp³-hybridized carbons (Fsp3) is 0.231. The summed E-state index contributed by atoms with van der Waals surface area (Å²) in [6.07, 6.45) is 3.86. The van der Waals surface area contributed by atoms with Crippen molar-refractivity contribution < 1.29 is 4.70 Å². The van der Waals surface area contributed by atoms with Gasteiger partial charge < -0.3 is 4.98 Å². The molecule has 16 heavy (non-hydrogen) atoms. The van der Waals surface area contributed by atoms with Gasteiger partial charge in [0.15, 0.2) is 14.1 Å². The number of H-pyrrole nitrogens is 1. The van der Waals surface area contributed by atoms with Crippen LogP contribution < -0.4 is 0 Å². The fourth-order valence-electron chi connectivity index (χ4n) is 1.75. The Morgan fingerprint density at radius 1 is 1.25 bits per heavy atom. The molecule has 2 rings (SSSR count). The maximum atomic E-state index is 4.19. The van der Waals surface area contributed by atoms with Gasteiger partial charge in [0, 0.05) is 22.2 Å². The van der Waals surface area contributed by atoms with Crippen molar-refractivity contribution in [1.82, 2.24) is 4.98 Å². The lowest BCUT2D eigenvalue weighted by Crippen LogP contribution is -1.88. The number of rotatable bonds is 2. The Balaban J connectivity index is 2.47. The third kappa shape index (κ3) is 2.03. The lowest BCUT2D eigenvalue weighted by atomic mass is 10.1. The van der Waals surface area contributed by atoms with Crippen molar-refractivity contribution in [3.8, 4) is 0 Å². The molecule has 3 nitrogen and oxygen atoms in total. The normalized spacial score (nSPS) is 11.2. The van der Waals surface area contributed by atoms with E-state index in [0.29, 0.717) is 0 Å². The molecule has 1 aromatic carbocycles. The molecule has 3 heteroatoms. The van der Waals surface area contributed by atoms with E-state index in [1.807, 2.05) is 32.4 Å². The topological polar surface area (TPSA) is 31.2 Å². The minimum Gasteiger partial charge on any atom is -0.358 e. The van der Waals surface area contributed by atoms with Crippen LogP contribution in [0, 0.1) is 6.92 Å². The van der Waals surface area contributed by atoms with E-state index in [2.05, 4.69) is 35.2 Å². The van der Waals surface area contributed by atoms with E-state index < -0.39 is 0 Å². The van der Waals surface area contributed by atoms with Crippen LogP contribution in [0.1, 0.15) is 11.3 Å². The SMILES string of the molecule is Cc1[nH]c2ccccc2c1/C=C/N=[N+](C)C.